The van der Waals surface area contributed by atoms with Crippen molar-refractivity contribution in [1.29, 1.82) is 0 Å². The highest BCUT2D eigenvalue weighted by molar-refractivity contribution is 7.88. The van der Waals surface area contributed by atoms with E-state index in [4.69, 9.17) is 10.9 Å². The van der Waals surface area contributed by atoms with Crippen molar-refractivity contribution < 1.29 is 12.9 Å². The van der Waals surface area contributed by atoms with Crippen LogP contribution in [0.15, 0.2) is 10.6 Å². The third kappa shape index (κ3) is 3.68. The zero-order chi connectivity index (χ0) is 12.4. The van der Waals surface area contributed by atoms with Crippen molar-refractivity contribution in [1.82, 2.24) is 9.88 Å². The van der Waals surface area contributed by atoms with Crippen molar-refractivity contribution in [2.24, 2.45) is 0 Å². The molecule has 5 nitrogen and oxygen atoms in total. The molecular formula is C10H14N2O3S. The quantitative estimate of drug-likeness (QED) is 0.793. The molecule has 6 heteroatoms. The van der Waals surface area contributed by atoms with Gasteiger partial charge in [0.25, 0.3) is 0 Å². The number of nitrogens with one attached hydrogen (secondary N) is 1. The maximum atomic E-state index is 11.7. The lowest BCUT2D eigenvalue weighted by Gasteiger charge is -2.18. The summed E-state index contributed by atoms with van der Waals surface area (Å²) >= 11 is 0. The first-order valence-corrected chi connectivity index (χ1v) is 6.31. The Balaban J connectivity index is 2.78. The molecule has 1 heterocycles. The van der Waals surface area contributed by atoms with Gasteiger partial charge in [-0.3, -0.25) is 0 Å². The van der Waals surface area contributed by atoms with Crippen molar-refractivity contribution in [2.45, 2.75) is 32.1 Å². The highest BCUT2D eigenvalue weighted by atomic mass is 32.2. The number of aryl methyl sites for hydroxylation is 1. The van der Waals surface area contributed by atoms with Crippen LogP contribution in [-0.2, 0) is 15.8 Å². The van der Waals surface area contributed by atoms with E-state index in [2.05, 4.69) is 15.8 Å². The van der Waals surface area contributed by atoms with Gasteiger partial charge in [-0.1, -0.05) is 11.1 Å². The number of hydrogen-bond acceptors (Lipinski definition) is 4. The van der Waals surface area contributed by atoms with Crippen molar-refractivity contribution >= 4 is 10.0 Å². The number of sulfonamides is 1. The van der Waals surface area contributed by atoms with E-state index < -0.39 is 15.6 Å². The monoisotopic (exact) mass is 242 g/mol. The van der Waals surface area contributed by atoms with Crippen molar-refractivity contribution in [2.75, 3.05) is 0 Å². The van der Waals surface area contributed by atoms with E-state index in [1.807, 2.05) is 0 Å². The molecule has 0 atom stereocenters. The Kier molecular flexibility index (Phi) is 3.41. The van der Waals surface area contributed by atoms with E-state index in [0.717, 1.165) is 0 Å². The molecule has 1 aromatic rings. The van der Waals surface area contributed by atoms with E-state index in [-0.39, 0.29) is 5.75 Å². The summed E-state index contributed by atoms with van der Waals surface area (Å²) in [6, 6.07) is 1.57. The maximum absolute atomic E-state index is 11.7. The predicted molar refractivity (Wildman–Crippen MR) is 59.9 cm³/mol. The van der Waals surface area contributed by atoms with Crippen molar-refractivity contribution in [3.63, 3.8) is 0 Å². The highest BCUT2D eigenvalue weighted by Crippen LogP contribution is 2.09. The molecule has 0 spiro atoms. The van der Waals surface area contributed by atoms with Gasteiger partial charge in [0.05, 0.1) is 5.54 Å². The first kappa shape index (κ1) is 12.7. The summed E-state index contributed by atoms with van der Waals surface area (Å²) in [4.78, 5) is 0. The van der Waals surface area contributed by atoms with Crippen LogP contribution in [0.2, 0.25) is 0 Å². The molecule has 0 radical (unpaired) electrons. The summed E-state index contributed by atoms with van der Waals surface area (Å²) in [6.45, 7) is 4.92. The van der Waals surface area contributed by atoms with Crippen LogP contribution in [0, 0.1) is 19.3 Å². The van der Waals surface area contributed by atoms with Crippen LogP contribution in [0.3, 0.4) is 0 Å². The molecule has 0 aliphatic carbocycles. The zero-order valence-corrected chi connectivity index (χ0v) is 10.3. The van der Waals surface area contributed by atoms with Gasteiger partial charge in [0.1, 0.15) is 17.2 Å². The van der Waals surface area contributed by atoms with Gasteiger partial charge in [-0.15, -0.1) is 6.42 Å². The Bertz CT molecular complexity index is 508. The van der Waals surface area contributed by atoms with E-state index >= 15 is 0 Å². The smallest absolute Gasteiger partial charge is 0.218 e. The number of aromatic nitrogens is 1. The molecule has 0 saturated carbocycles. The summed E-state index contributed by atoms with van der Waals surface area (Å²) in [5, 5.41) is 3.61. The molecule has 1 rings (SSSR count). The summed E-state index contributed by atoms with van der Waals surface area (Å²) in [7, 11) is -3.51. The van der Waals surface area contributed by atoms with Gasteiger partial charge >= 0.3 is 0 Å². The fourth-order valence-corrected chi connectivity index (χ4v) is 2.57. The van der Waals surface area contributed by atoms with Gasteiger partial charge in [0.2, 0.25) is 10.0 Å². The normalized spacial score (nSPS) is 12.4. The van der Waals surface area contributed by atoms with Crippen LogP contribution in [0.1, 0.15) is 25.3 Å². The molecule has 0 bridgehead atoms. The summed E-state index contributed by atoms with van der Waals surface area (Å²) in [5.41, 5.74) is -0.546. The van der Waals surface area contributed by atoms with E-state index in [0.29, 0.717) is 11.5 Å². The van der Waals surface area contributed by atoms with E-state index in [1.54, 1.807) is 26.8 Å². The van der Waals surface area contributed by atoms with Crippen LogP contribution in [0.4, 0.5) is 0 Å². The van der Waals surface area contributed by atoms with E-state index in [1.165, 1.54) is 0 Å². The van der Waals surface area contributed by atoms with Crippen molar-refractivity contribution in [3.05, 3.63) is 17.5 Å². The summed E-state index contributed by atoms with van der Waals surface area (Å²) in [6.07, 6.45) is 5.20. The molecule has 0 unspecified atom stereocenters. The minimum absolute atomic E-state index is 0.241. The third-order valence-corrected chi connectivity index (χ3v) is 3.28. The zero-order valence-electron chi connectivity index (χ0n) is 9.44. The Hall–Kier alpha value is -1.32. The summed E-state index contributed by atoms with van der Waals surface area (Å²) in [5.74, 6) is 2.68. The van der Waals surface area contributed by atoms with Gasteiger partial charge < -0.3 is 4.52 Å². The maximum Gasteiger partial charge on any atom is 0.218 e. The standard InChI is InChI=1S/C10H14N2O3S/c1-5-10(3,4)12-16(13,14)7-9-6-8(2)15-11-9/h1,6,12H,7H2,2-4H3. The average molecular weight is 242 g/mol. The lowest BCUT2D eigenvalue weighted by molar-refractivity contribution is 0.392. The van der Waals surface area contributed by atoms with Crippen LogP contribution in [-0.4, -0.2) is 19.1 Å². The Labute approximate surface area is 95.3 Å². The third-order valence-electron chi connectivity index (χ3n) is 1.79. The fourth-order valence-electron chi connectivity index (χ4n) is 1.13. The van der Waals surface area contributed by atoms with Crippen LogP contribution in [0.25, 0.3) is 0 Å². The number of nitrogens with zero attached hydrogens (tertiary/aromatic N) is 1. The van der Waals surface area contributed by atoms with E-state index in [9.17, 15) is 8.42 Å². The molecule has 0 saturated heterocycles. The molecule has 0 aliphatic rings. The van der Waals surface area contributed by atoms with Gasteiger partial charge in [0.15, 0.2) is 0 Å². The molecule has 0 fully saturated rings. The first-order chi connectivity index (χ1) is 7.24. The first-order valence-electron chi connectivity index (χ1n) is 4.66. The minimum atomic E-state index is -3.51. The molecule has 88 valence electrons. The lowest BCUT2D eigenvalue weighted by atomic mass is 10.1. The molecule has 0 aromatic carbocycles. The minimum Gasteiger partial charge on any atom is -0.361 e. The van der Waals surface area contributed by atoms with Crippen molar-refractivity contribution in [3.8, 4) is 12.3 Å². The molecule has 0 amide bonds. The molecular weight excluding hydrogens is 228 g/mol. The number of terminal acetylenes is 1. The summed E-state index contributed by atoms with van der Waals surface area (Å²) < 4.78 is 30.6. The predicted octanol–water partition coefficient (Wildman–Crippen LogP) is 0.814. The largest absolute Gasteiger partial charge is 0.361 e. The molecule has 16 heavy (non-hydrogen) atoms. The van der Waals surface area contributed by atoms with Gasteiger partial charge in [-0.05, 0) is 20.8 Å². The number of hydrogen-bond donors (Lipinski definition) is 1. The SMILES string of the molecule is C#CC(C)(C)NS(=O)(=O)Cc1cc(C)on1. The van der Waals surface area contributed by atoms with Crippen LogP contribution < -0.4 is 4.72 Å². The molecule has 0 aliphatic heterocycles. The second-order valence-electron chi connectivity index (χ2n) is 4.06. The highest BCUT2D eigenvalue weighted by Gasteiger charge is 2.23. The topological polar surface area (TPSA) is 72.2 Å². The second-order valence-corrected chi connectivity index (χ2v) is 5.78. The Morgan fingerprint density at radius 2 is 2.25 bits per heavy atom. The fraction of sp³-hybridized carbons (Fsp3) is 0.500. The van der Waals surface area contributed by atoms with Gasteiger partial charge in [-0.25, -0.2) is 8.42 Å². The Morgan fingerprint density at radius 3 is 2.69 bits per heavy atom. The molecule has 1 N–H and O–H groups in total. The Morgan fingerprint density at radius 1 is 1.62 bits per heavy atom. The van der Waals surface area contributed by atoms with Gasteiger partial charge in [0, 0.05) is 6.07 Å². The molecule has 1 aromatic heterocycles. The lowest BCUT2D eigenvalue weighted by Crippen LogP contribution is -2.42. The van der Waals surface area contributed by atoms with Crippen LogP contribution in [0.5, 0.6) is 0 Å². The average Bonchev–Trinajstić information content (AvgIpc) is 2.48. The second kappa shape index (κ2) is 4.28. The van der Waals surface area contributed by atoms with Crippen LogP contribution >= 0.6 is 0 Å². The number of rotatable bonds is 4. The van der Waals surface area contributed by atoms with Gasteiger partial charge in [-0.2, -0.15) is 4.72 Å².